The zero-order valence-electron chi connectivity index (χ0n) is 15.1. The molecule has 0 aromatic heterocycles. The first-order valence-electron chi connectivity index (χ1n) is 7.63. The number of hydrogen-bond donors (Lipinski definition) is 1. The summed E-state index contributed by atoms with van der Waals surface area (Å²) in [5, 5.41) is 10.6. The van der Waals surface area contributed by atoms with Crippen LogP contribution in [0.25, 0.3) is 0 Å². The van der Waals surface area contributed by atoms with E-state index in [-0.39, 0.29) is 10.8 Å². The molecule has 0 aliphatic rings. The van der Waals surface area contributed by atoms with Crippen molar-refractivity contribution >= 4 is 8.07 Å². The SMILES string of the molecule is CC(C)(C)c1cc(C#C[Si](C)(C)C)c(O)c(C(C)(C)C)c1. The second kappa shape index (κ2) is 5.53. The van der Waals surface area contributed by atoms with Gasteiger partial charge in [-0.05, 0) is 22.5 Å². The maximum absolute atomic E-state index is 10.6. The van der Waals surface area contributed by atoms with E-state index in [0.29, 0.717) is 5.75 Å². The van der Waals surface area contributed by atoms with Crippen molar-refractivity contribution in [3.8, 4) is 17.2 Å². The fourth-order valence-corrected chi connectivity index (χ4v) is 2.50. The van der Waals surface area contributed by atoms with Crippen molar-refractivity contribution < 1.29 is 5.11 Å². The van der Waals surface area contributed by atoms with E-state index in [1.165, 1.54) is 5.56 Å². The molecule has 0 amide bonds. The monoisotopic (exact) mass is 302 g/mol. The van der Waals surface area contributed by atoms with Gasteiger partial charge in [0.2, 0.25) is 0 Å². The maximum Gasteiger partial charge on any atom is 0.134 e. The lowest BCUT2D eigenvalue weighted by Gasteiger charge is -2.26. The summed E-state index contributed by atoms with van der Waals surface area (Å²) < 4.78 is 0. The van der Waals surface area contributed by atoms with Crippen LogP contribution in [0.5, 0.6) is 5.75 Å². The van der Waals surface area contributed by atoms with Crippen molar-refractivity contribution in [2.75, 3.05) is 0 Å². The Hall–Kier alpha value is -1.20. The lowest BCUT2D eigenvalue weighted by atomic mass is 9.79. The first-order valence-corrected chi connectivity index (χ1v) is 11.1. The molecule has 1 aromatic rings. The topological polar surface area (TPSA) is 20.2 Å². The summed E-state index contributed by atoms with van der Waals surface area (Å²) in [6.45, 7) is 19.6. The number of rotatable bonds is 0. The summed E-state index contributed by atoms with van der Waals surface area (Å²) in [6.07, 6.45) is 0. The molecule has 0 bridgehead atoms. The van der Waals surface area contributed by atoms with E-state index in [1.54, 1.807) is 0 Å². The molecule has 0 unspecified atom stereocenters. The Labute approximate surface area is 131 Å². The van der Waals surface area contributed by atoms with Crippen LogP contribution in [0.15, 0.2) is 12.1 Å². The van der Waals surface area contributed by atoms with Crippen molar-refractivity contribution in [2.45, 2.75) is 72.0 Å². The van der Waals surface area contributed by atoms with Crippen LogP contribution in [0.4, 0.5) is 0 Å². The van der Waals surface area contributed by atoms with Crippen LogP contribution < -0.4 is 0 Å². The minimum atomic E-state index is -1.46. The molecule has 21 heavy (non-hydrogen) atoms. The van der Waals surface area contributed by atoms with Crippen molar-refractivity contribution in [3.05, 3.63) is 28.8 Å². The van der Waals surface area contributed by atoms with E-state index in [9.17, 15) is 5.11 Å². The third kappa shape index (κ3) is 4.93. The van der Waals surface area contributed by atoms with Crippen molar-refractivity contribution in [2.24, 2.45) is 0 Å². The maximum atomic E-state index is 10.6. The minimum Gasteiger partial charge on any atom is -0.506 e. The van der Waals surface area contributed by atoms with Gasteiger partial charge in [-0.25, -0.2) is 0 Å². The molecule has 116 valence electrons. The number of aromatic hydroxyl groups is 1. The number of benzene rings is 1. The number of hydrogen-bond acceptors (Lipinski definition) is 1. The van der Waals surface area contributed by atoms with Crippen LogP contribution in [-0.4, -0.2) is 13.2 Å². The molecule has 0 aliphatic carbocycles. The third-order valence-corrected chi connectivity index (χ3v) is 4.23. The smallest absolute Gasteiger partial charge is 0.134 e. The van der Waals surface area contributed by atoms with Gasteiger partial charge < -0.3 is 5.11 Å². The molecular weight excluding hydrogens is 272 g/mol. The van der Waals surface area contributed by atoms with Gasteiger partial charge >= 0.3 is 0 Å². The average molecular weight is 303 g/mol. The minimum absolute atomic E-state index is 0.0449. The molecule has 0 atom stereocenters. The molecular formula is C19H30OSi. The molecule has 0 saturated carbocycles. The Balaban J connectivity index is 3.60. The lowest BCUT2D eigenvalue weighted by Crippen LogP contribution is -2.18. The van der Waals surface area contributed by atoms with Gasteiger partial charge in [-0.15, -0.1) is 5.54 Å². The Morgan fingerprint density at radius 1 is 0.905 bits per heavy atom. The van der Waals surface area contributed by atoms with E-state index >= 15 is 0 Å². The molecule has 0 radical (unpaired) electrons. The largest absolute Gasteiger partial charge is 0.506 e. The molecule has 0 spiro atoms. The normalized spacial score (nSPS) is 12.8. The van der Waals surface area contributed by atoms with Crippen LogP contribution >= 0.6 is 0 Å². The summed E-state index contributed by atoms with van der Waals surface area (Å²) in [7, 11) is -1.46. The summed E-state index contributed by atoms with van der Waals surface area (Å²) in [5.74, 6) is 3.59. The lowest BCUT2D eigenvalue weighted by molar-refractivity contribution is 0.443. The van der Waals surface area contributed by atoms with Crippen LogP contribution in [0.1, 0.15) is 58.2 Å². The molecule has 0 fully saturated rings. The van der Waals surface area contributed by atoms with Crippen LogP contribution in [0.2, 0.25) is 19.6 Å². The molecule has 1 N–H and O–H groups in total. The van der Waals surface area contributed by atoms with Gasteiger partial charge in [-0.2, -0.15) is 0 Å². The van der Waals surface area contributed by atoms with Crippen molar-refractivity contribution in [3.63, 3.8) is 0 Å². The number of phenolic OH excluding ortho intramolecular Hbond substituents is 1. The summed E-state index contributed by atoms with van der Waals surface area (Å²) >= 11 is 0. The van der Waals surface area contributed by atoms with E-state index in [0.717, 1.165) is 11.1 Å². The molecule has 2 heteroatoms. The standard InChI is InChI=1S/C19H30OSi/c1-18(2,3)15-12-14(10-11-21(7,8)9)17(20)16(13-15)19(4,5)6/h12-13,20H,1-9H3. The Morgan fingerprint density at radius 2 is 1.43 bits per heavy atom. The van der Waals surface area contributed by atoms with Crippen molar-refractivity contribution in [1.29, 1.82) is 0 Å². The first kappa shape index (κ1) is 17.8. The third-order valence-electron chi connectivity index (χ3n) is 3.36. The summed E-state index contributed by atoms with van der Waals surface area (Å²) in [6, 6.07) is 4.19. The molecule has 1 aromatic carbocycles. The zero-order chi connectivity index (χ0) is 16.6. The summed E-state index contributed by atoms with van der Waals surface area (Å²) in [4.78, 5) is 0. The second-order valence-corrected chi connectivity index (χ2v) is 13.7. The summed E-state index contributed by atoms with van der Waals surface area (Å²) in [5.41, 5.74) is 6.30. The van der Waals surface area contributed by atoms with Crippen LogP contribution in [0, 0.1) is 11.5 Å². The van der Waals surface area contributed by atoms with Gasteiger partial charge in [0.25, 0.3) is 0 Å². The molecule has 0 aliphatic heterocycles. The van der Waals surface area contributed by atoms with Gasteiger partial charge in [0.1, 0.15) is 13.8 Å². The van der Waals surface area contributed by atoms with E-state index < -0.39 is 8.07 Å². The highest BCUT2D eigenvalue weighted by atomic mass is 28.3. The highest BCUT2D eigenvalue weighted by Crippen LogP contribution is 2.37. The van der Waals surface area contributed by atoms with Gasteiger partial charge in [-0.1, -0.05) is 73.2 Å². The Kier molecular flexibility index (Phi) is 4.70. The van der Waals surface area contributed by atoms with E-state index in [1.807, 2.05) is 0 Å². The zero-order valence-corrected chi connectivity index (χ0v) is 16.1. The van der Waals surface area contributed by atoms with Gasteiger partial charge in [0.05, 0.1) is 5.56 Å². The predicted octanol–water partition coefficient (Wildman–Crippen LogP) is 5.22. The highest BCUT2D eigenvalue weighted by Gasteiger charge is 2.24. The van der Waals surface area contributed by atoms with Gasteiger partial charge in [0, 0.05) is 5.56 Å². The molecule has 1 rings (SSSR count). The first-order chi connectivity index (χ1) is 9.22. The molecule has 1 nitrogen and oxygen atoms in total. The fourth-order valence-electron chi connectivity index (χ4n) is 1.99. The van der Waals surface area contributed by atoms with E-state index in [2.05, 4.69) is 84.8 Å². The van der Waals surface area contributed by atoms with Crippen LogP contribution in [-0.2, 0) is 10.8 Å². The fraction of sp³-hybridized carbons (Fsp3) is 0.579. The van der Waals surface area contributed by atoms with E-state index in [4.69, 9.17) is 0 Å². The van der Waals surface area contributed by atoms with Gasteiger partial charge in [-0.3, -0.25) is 0 Å². The average Bonchev–Trinajstić information content (AvgIpc) is 2.23. The molecule has 0 heterocycles. The molecule has 0 saturated heterocycles. The second-order valence-electron chi connectivity index (χ2n) is 8.92. The quantitative estimate of drug-likeness (QED) is 0.515. The van der Waals surface area contributed by atoms with Crippen molar-refractivity contribution in [1.82, 2.24) is 0 Å². The predicted molar refractivity (Wildman–Crippen MR) is 95.7 cm³/mol. The number of phenols is 1. The Morgan fingerprint density at radius 3 is 1.81 bits per heavy atom. The van der Waals surface area contributed by atoms with Crippen LogP contribution in [0.3, 0.4) is 0 Å². The van der Waals surface area contributed by atoms with Gasteiger partial charge in [0.15, 0.2) is 0 Å². The highest BCUT2D eigenvalue weighted by molar-refractivity contribution is 6.83. The Bertz CT molecular complexity index is 581.